The van der Waals surface area contributed by atoms with Gasteiger partial charge >= 0.3 is 0 Å². The van der Waals surface area contributed by atoms with Gasteiger partial charge in [-0.2, -0.15) is 0 Å². The molecule has 0 radical (unpaired) electrons. The number of nitrogen functional groups attached to an aromatic ring is 1. The first kappa shape index (κ1) is 20.2. The second-order valence-corrected chi connectivity index (χ2v) is 7.81. The number of rotatable bonds is 6. The number of thiazole rings is 1. The van der Waals surface area contributed by atoms with Crippen molar-refractivity contribution in [2.24, 2.45) is 0 Å². The maximum atomic E-state index is 12.7. The molecule has 146 valence electrons. The van der Waals surface area contributed by atoms with Crippen LogP contribution in [0.1, 0.15) is 15.2 Å². The van der Waals surface area contributed by atoms with Crippen molar-refractivity contribution in [1.29, 1.82) is 0 Å². The molecule has 1 aromatic heterocycles. The standard InChI is InChI=1S/C19H18ClN3O3S2/c1-25-14-6-4-3-5-11(14)10-22-18(24)16-17(21)23(19(27)28-16)13-9-12(20)7-8-15(13)26-2/h3-9H,10,21H2,1-2H3,(H,22,24). The average Bonchev–Trinajstić information content (AvgIpc) is 3.00. The highest BCUT2D eigenvalue weighted by Gasteiger charge is 2.20. The van der Waals surface area contributed by atoms with E-state index in [4.69, 9.17) is 39.0 Å². The summed E-state index contributed by atoms with van der Waals surface area (Å²) in [6, 6.07) is 12.6. The van der Waals surface area contributed by atoms with Crippen LogP contribution in [-0.4, -0.2) is 24.7 Å². The van der Waals surface area contributed by atoms with Gasteiger partial charge in [0.25, 0.3) is 5.91 Å². The number of methoxy groups -OCH3 is 2. The summed E-state index contributed by atoms with van der Waals surface area (Å²) in [5.74, 6) is 1.16. The fourth-order valence-electron chi connectivity index (χ4n) is 2.72. The summed E-state index contributed by atoms with van der Waals surface area (Å²) in [5, 5.41) is 3.36. The second kappa shape index (κ2) is 8.64. The van der Waals surface area contributed by atoms with Crippen LogP contribution in [0.25, 0.3) is 5.69 Å². The number of benzene rings is 2. The van der Waals surface area contributed by atoms with Crippen molar-refractivity contribution in [3.63, 3.8) is 0 Å². The molecule has 28 heavy (non-hydrogen) atoms. The first-order valence-corrected chi connectivity index (χ1v) is 9.81. The van der Waals surface area contributed by atoms with Crippen molar-refractivity contribution in [1.82, 2.24) is 9.88 Å². The van der Waals surface area contributed by atoms with Gasteiger partial charge in [0.2, 0.25) is 0 Å². The minimum Gasteiger partial charge on any atom is -0.496 e. The van der Waals surface area contributed by atoms with Crippen molar-refractivity contribution >= 4 is 46.9 Å². The third-order valence-electron chi connectivity index (χ3n) is 4.07. The van der Waals surface area contributed by atoms with E-state index in [1.807, 2.05) is 24.3 Å². The molecule has 0 aliphatic carbocycles. The van der Waals surface area contributed by atoms with Gasteiger partial charge in [-0.1, -0.05) is 41.1 Å². The second-order valence-electron chi connectivity index (χ2n) is 5.73. The van der Waals surface area contributed by atoms with E-state index in [9.17, 15) is 4.79 Å². The molecule has 0 aliphatic rings. The first-order chi connectivity index (χ1) is 13.5. The number of nitrogens with two attached hydrogens (primary N) is 1. The predicted octanol–water partition coefficient (Wildman–Crippen LogP) is 4.45. The Morgan fingerprint density at radius 2 is 1.93 bits per heavy atom. The molecule has 1 amide bonds. The van der Waals surface area contributed by atoms with Crippen LogP contribution in [0.15, 0.2) is 42.5 Å². The lowest BCUT2D eigenvalue weighted by Crippen LogP contribution is -2.23. The van der Waals surface area contributed by atoms with Gasteiger partial charge in [0.15, 0.2) is 3.95 Å². The molecule has 0 fully saturated rings. The Balaban J connectivity index is 1.91. The fraction of sp³-hybridized carbons (Fsp3) is 0.158. The summed E-state index contributed by atoms with van der Waals surface area (Å²) in [6.45, 7) is 0.299. The van der Waals surface area contributed by atoms with E-state index < -0.39 is 0 Å². The molecule has 1 heterocycles. The molecule has 3 rings (SSSR count). The molecular weight excluding hydrogens is 418 g/mol. The molecule has 0 atom stereocenters. The van der Waals surface area contributed by atoms with Crippen LogP contribution >= 0.6 is 35.2 Å². The van der Waals surface area contributed by atoms with Gasteiger partial charge in [0.05, 0.1) is 19.9 Å². The largest absolute Gasteiger partial charge is 0.496 e. The van der Waals surface area contributed by atoms with Crippen LogP contribution in [0.3, 0.4) is 0 Å². The molecule has 3 N–H and O–H groups in total. The summed E-state index contributed by atoms with van der Waals surface area (Å²) in [4.78, 5) is 13.0. The van der Waals surface area contributed by atoms with Crippen molar-refractivity contribution < 1.29 is 14.3 Å². The molecule has 0 saturated heterocycles. The third kappa shape index (κ3) is 3.99. The van der Waals surface area contributed by atoms with Crippen molar-refractivity contribution in [2.75, 3.05) is 20.0 Å². The number of hydrogen-bond acceptors (Lipinski definition) is 6. The number of amides is 1. The Morgan fingerprint density at radius 3 is 2.64 bits per heavy atom. The molecular formula is C19H18ClN3O3S2. The number of para-hydroxylation sites is 1. The smallest absolute Gasteiger partial charge is 0.265 e. The van der Waals surface area contributed by atoms with E-state index in [0.29, 0.717) is 37.6 Å². The SMILES string of the molecule is COc1ccccc1CNC(=O)c1sc(=S)n(-c2cc(Cl)ccc2OC)c1N. The maximum absolute atomic E-state index is 12.7. The molecule has 3 aromatic rings. The molecule has 9 heteroatoms. The number of halogens is 1. The molecule has 0 aliphatic heterocycles. The Hall–Kier alpha value is -2.55. The predicted molar refractivity (Wildman–Crippen MR) is 115 cm³/mol. The van der Waals surface area contributed by atoms with Crippen LogP contribution in [0.5, 0.6) is 11.5 Å². The maximum Gasteiger partial charge on any atom is 0.265 e. The minimum absolute atomic E-state index is 0.230. The molecule has 0 saturated carbocycles. The number of aromatic nitrogens is 1. The van der Waals surface area contributed by atoms with Crippen LogP contribution in [0, 0.1) is 3.95 Å². The zero-order valence-corrected chi connectivity index (χ0v) is 17.6. The van der Waals surface area contributed by atoms with Crippen LogP contribution in [0.4, 0.5) is 5.82 Å². The lowest BCUT2D eigenvalue weighted by molar-refractivity contribution is 0.0955. The van der Waals surface area contributed by atoms with Gasteiger partial charge in [0, 0.05) is 17.1 Å². The van der Waals surface area contributed by atoms with E-state index >= 15 is 0 Å². The Morgan fingerprint density at radius 1 is 1.21 bits per heavy atom. The summed E-state index contributed by atoms with van der Waals surface area (Å²) in [7, 11) is 3.13. The Bertz CT molecular complexity index is 1080. The number of carbonyl (C=O) groups excluding carboxylic acids is 1. The number of carbonyl (C=O) groups is 1. The van der Waals surface area contributed by atoms with Gasteiger partial charge in [-0.15, -0.1) is 0 Å². The number of nitrogens with one attached hydrogen (secondary N) is 1. The normalized spacial score (nSPS) is 10.5. The van der Waals surface area contributed by atoms with Crippen LogP contribution in [-0.2, 0) is 6.54 Å². The summed E-state index contributed by atoms with van der Waals surface area (Å²) < 4.78 is 12.7. The zero-order chi connectivity index (χ0) is 20.3. The summed E-state index contributed by atoms with van der Waals surface area (Å²) in [6.07, 6.45) is 0. The lowest BCUT2D eigenvalue weighted by atomic mass is 10.2. The average molecular weight is 436 g/mol. The number of ether oxygens (including phenoxy) is 2. The molecule has 0 bridgehead atoms. The van der Waals surface area contributed by atoms with Crippen molar-refractivity contribution in [3.8, 4) is 17.2 Å². The van der Waals surface area contributed by atoms with Crippen LogP contribution < -0.4 is 20.5 Å². The summed E-state index contributed by atoms with van der Waals surface area (Å²) in [5.41, 5.74) is 7.70. The summed E-state index contributed by atoms with van der Waals surface area (Å²) >= 11 is 12.7. The quantitative estimate of drug-likeness (QED) is 0.559. The van der Waals surface area contributed by atoms with E-state index in [-0.39, 0.29) is 11.7 Å². The minimum atomic E-state index is -0.320. The monoisotopic (exact) mass is 435 g/mol. The van der Waals surface area contributed by atoms with Gasteiger partial charge in [-0.3, -0.25) is 9.36 Å². The van der Waals surface area contributed by atoms with E-state index in [1.165, 1.54) is 0 Å². The van der Waals surface area contributed by atoms with Crippen LogP contribution in [0.2, 0.25) is 5.02 Å². The number of hydrogen-bond donors (Lipinski definition) is 2. The topological polar surface area (TPSA) is 78.5 Å². The molecule has 6 nitrogen and oxygen atoms in total. The first-order valence-electron chi connectivity index (χ1n) is 8.21. The highest BCUT2D eigenvalue weighted by atomic mass is 35.5. The molecule has 0 unspecified atom stereocenters. The molecule has 2 aromatic carbocycles. The Kier molecular flexibility index (Phi) is 6.23. The van der Waals surface area contributed by atoms with E-state index in [1.54, 1.807) is 37.0 Å². The Labute approximate surface area is 176 Å². The van der Waals surface area contributed by atoms with Gasteiger partial charge in [-0.05, 0) is 36.5 Å². The number of nitrogens with zero attached hydrogens (tertiary/aromatic N) is 1. The highest BCUT2D eigenvalue weighted by Crippen LogP contribution is 2.33. The highest BCUT2D eigenvalue weighted by molar-refractivity contribution is 7.73. The van der Waals surface area contributed by atoms with E-state index in [0.717, 1.165) is 16.9 Å². The van der Waals surface area contributed by atoms with Gasteiger partial charge in [0.1, 0.15) is 22.2 Å². The van der Waals surface area contributed by atoms with Gasteiger partial charge in [-0.25, -0.2) is 0 Å². The lowest BCUT2D eigenvalue weighted by Gasteiger charge is -2.12. The van der Waals surface area contributed by atoms with E-state index in [2.05, 4.69) is 5.32 Å². The fourth-order valence-corrected chi connectivity index (χ4v) is 4.15. The molecule has 0 spiro atoms. The van der Waals surface area contributed by atoms with Gasteiger partial charge < -0.3 is 20.5 Å². The zero-order valence-electron chi connectivity index (χ0n) is 15.2. The number of anilines is 1. The third-order valence-corrected chi connectivity index (χ3v) is 5.69. The van der Waals surface area contributed by atoms with Crippen molar-refractivity contribution in [3.05, 3.63) is 61.9 Å². The van der Waals surface area contributed by atoms with Crippen molar-refractivity contribution in [2.45, 2.75) is 6.54 Å².